The Morgan fingerprint density at radius 2 is 1.90 bits per heavy atom. The number of hydrogen-bond donors (Lipinski definition) is 3. The summed E-state index contributed by atoms with van der Waals surface area (Å²) in [7, 11) is 0. The SMILES string of the molecule is Cc1ncnc2c1ccn2[C@@H]1OC(CN(CCCCc2nc3cc(C(C)(C)C)ccc3[nH]2)C(C)C)[C@@H](O)C1O. The summed E-state index contributed by atoms with van der Waals surface area (Å²) in [6.07, 6.45) is 3.02. The van der Waals surface area contributed by atoms with Crippen LogP contribution in [-0.4, -0.2) is 77.1 Å². The van der Waals surface area contributed by atoms with Crippen LogP contribution in [0, 0.1) is 6.92 Å². The van der Waals surface area contributed by atoms with Crippen molar-refractivity contribution in [1.82, 2.24) is 29.4 Å². The van der Waals surface area contributed by atoms with Crippen LogP contribution in [0.2, 0.25) is 0 Å². The molecular formula is C30H42N6O3. The second kappa shape index (κ2) is 11.0. The maximum atomic E-state index is 10.9. The van der Waals surface area contributed by atoms with Gasteiger partial charge in [0.05, 0.1) is 16.7 Å². The zero-order valence-electron chi connectivity index (χ0n) is 23.9. The largest absolute Gasteiger partial charge is 0.387 e. The number of benzene rings is 1. The Morgan fingerprint density at radius 1 is 1.10 bits per heavy atom. The molecule has 0 spiro atoms. The van der Waals surface area contributed by atoms with Crippen LogP contribution in [0.4, 0.5) is 0 Å². The molecule has 0 bridgehead atoms. The number of nitrogens with zero attached hydrogens (tertiary/aromatic N) is 5. The lowest BCUT2D eigenvalue weighted by atomic mass is 9.87. The molecule has 4 atom stereocenters. The van der Waals surface area contributed by atoms with Gasteiger partial charge in [0.1, 0.15) is 36.1 Å². The van der Waals surface area contributed by atoms with E-state index < -0.39 is 24.5 Å². The summed E-state index contributed by atoms with van der Waals surface area (Å²) in [5, 5.41) is 22.7. The monoisotopic (exact) mass is 534 g/mol. The standard InChI is InChI=1S/C30H42N6O3/c1-18(2)35(13-8-7-9-25-33-22-11-10-20(30(4,5)6)15-23(22)34-25)16-24-26(37)27(38)29(39-24)36-14-12-21-19(3)31-17-32-28(21)36/h10-12,14-15,17-18,24,26-27,29,37-38H,7-9,13,16H2,1-6H3,(H,33,34)/t24?,26-,27?,29-/m1/s1. The van der Waals surface area contributed by atoms with E-state index in [0.717, 1.165) is 53.7 Å². The molecule has 39 heavy (non-hydrogen) atoms. The maximum absolute atomic E-state index is 10.9. The Hall–Kier alpha value is -2.85. The van der Waals surface area contributed by atoms with Crippen molar-refractivity contribution in [2.24, 2.45) is 0 Å². The molecule has 1 aromatic carbocycles. The number of aromatic amines is 1. The number of aryl methyl sites for hydroxylation is 2. The number of nitrogens with one attached hydrogen (secondary N) is 1. The summed E-state index contributed by atoms with van der Waals surface area (Å²) >= 11 is 0. The number of aliphatic hydroxyl groups excluding tert-OH is 2. The van der Waals surface area contributed by atoms with Crippen molar-refractivity contribution in [2.75, 3.05) is 13.1 Å². The molecule has 2 unspecified atom stereocenters. The first kappa shape index (κ1) is 27.7. The van der Waals surface area contributed by atoms with Crippen molar-refractivity contribution in [2.45, 2.75) is 96.8 Å². The van der Waals surface area contributed by atoms with Gasteiger partial charge in [0.2, 0.25) is 0 Å². The number of hydrogen-bond acceptors (Lipinski definition) is 7. The molecule has 1 aliphatic heterocycles. The van der Waals surface area contributed by atoms with Gasteiger partial charge in [-0.1, -0.05) is 26.8 Å². The molecule has 9 nitrogen and oxygen atoms in total. The smallest absolute Gasteiger partial charge is 0.164 e. The third kappa shape index (κ3) is 5.72. The second-order valence-corrected chi connectivity index (χ2v) is 12.2. The molecule has 1 aliphatic rings. The summed E-state index contributed by atoms with van der Waals surface area (Å²) < 4.78 is 8.05. The lowest BCUT2D eigenvalue weighted by Gasteiger charge is -2.30. The van der Waals surface area contributed by atoms with Gasteiger partial charge in [0.15, 0.2) is 6.23 Å². The predicted octanol–water partition coefficient (Wildman–Crippen LogP) is 4.27. The zero-order chi connectivity index (χ0) is 27.9. The lowest BCUT2D eigenvalue weighted by molar-refractivity contribution is -0.0466. The van der Waals surface area contributed by atoms with Crippen LogP contribution in [0.5, 0.6) is 0 Å². The van der Waals surface area contributed by atoms with Gasteiger partial charge < -0.3 is 24.5 Å². The highest BCUT2D eigenvalue weighted by atomic mass is 16.6. The molecule has 4 aromatic rings. The van der Waals surface area contributed by atoms with E-state index in [1.165, 1.54) is 11.9 Å². The molecule has 3 aromatic heterocycles. The van der Waals surface area contributed by atoms with Gasteiger partial charge in [-0.2, -0.15) is 0 Å². The first-order valence-electron chi connectivity index (χ1n) is 14.1. The number of aliphatic hydroxyl groups is 2. The maximum Gasteiger partial charge on any atom is 0.164 e. The van der Waals surface area contributed by atoms with E-state index in [9.17, 15) is 10.2 Å². The normalized spacial score (nSPS) is 22.2. The van der Waals surface area contributed by atoms with E-state index in [0.29, 0.717) is 12.2 Å². The highest BCUT2D eigenvalue weighted by Crippen LogP contribution is 2.33. The zero-order valence-corrected chi connectivity index (χ0v) is 23.9. The van der Waals surface area contributed by atoms with Crippen LogP contribution in [0.15, 0.2) is 36.8 Å². The second-order valence-electron chi connectivity index (χ2n) is 12.2. The molecule has 5 rings (SSSR count). The minimum atomic E-state index is -1.04. The number of imidazole rings is 1. The van der Waals surface area contributed by atoms with Gasteiger partial charge in [0, 0.05) is 30.6 Å². The number of unbranched alkanes of at least 4 members (excludes halogenated alkanes) is 1. The van der Waals surface area contributed by atoms with Gasteiger partial charge in [-0.3, -0.25) is 4.90 Å². The Morgan fingerprint density at radius 3 is 2.64 bits per heavy atom. The van der Waals surface area contributed by atoms with Gasteiger partial charge in [-0.05, 0) is 69.3 Å². The number of rotatable bonds is 9. The van der Waals surface area contributed by atoms with Crippen LogP contribution in [0.25, 0.3) is 22.1 Å². The van der Waals surface area contributed by atoms with Crippen molar-refractivity contribution in [3.63, 3.8) is 0 Å². The van der Waals surface area contributed by atoms with E-state index >= 15 is 0 Å². The van der Waals surface area contributed by atoms with Crippen LogP contribution < -0.4 is 0 Å². The van der Waals surface area contributed by atoms with Crippen LogP contribution in [0.1, 0.15) is 70.8 Å². The molecule has 1 fully saturated rings. The van der Waals surface area contributed by atoms with E-state index in [-0.39, 0.29) is 11.5 Å². The van der Waals surface area contributed by atoms with Crippen molar-refractivity contribution < 1.29 is 14.9 Å². The molecule has 210 valence electrons. The van der Waals surface area contributed by atoms with Gasteiger partial charge in [-0.15, -0.1) is 0 Å². The van der Waals surface area contributed by atoms with Crippen molar-refractivity contribution >= 4 is 22.1 Å². The molecule has 0 amide bonds. The summed E-state index contributed by atoms with van der Waals surface area (Å²) in [6, 6.07) is 8.70. The fourth-order valence-electron chi connectivity index (χ4n) is 5.45. The van der Waals surface area contributed by atoms with E-state index in [2.05, 4.69) is 72.7 Å². The van der Waals surface area contributed by atoms with Crippen LogP contribution in [0.3, 0.4) is 0 Å². The summed E-state index contributed by atoms with van der Waals surface area (Å²) in [6.45, 7) is 14.3. The molecule has 4 heterocycles. The average Bonchev–Trinajstić information content (AvgIpc) is 3.57. The molecule has 0 saturated carbocycles. The van der Waals surface area contributed by atoms with E-state index in [4.69, 9.17) is 9.72 Å². The summed E-state index contributed by atoms with van der Waals surface area (Å²) in [5.74, 6) is 1.02. The molecular weight excluding hydrogens is 492 g/mol. The minimum Gasteiger partial charge on any atom is -0.387 e. The summed E-state index contributed by atoms with van der Waals surface area (Å²) in [4.78, 5) is 19.3. The third-order valence-electron chi connectivity index (χ3n) is 7.97. The molecule has 1 saturated heterocycles. The quantitative estimate of drug-likeness (QED) is 0.275. The number of fused-ring (bicyclic) bond motifs is 2. The van der Waals surface area contributed by atoms with Gasteiger partial charge >= 0.3 is 0 Å². The summed E-state index contributed by atoms with van der Waals surface area (Å²) in [5.41, 5.74) is 5.06. The Balaban J connectivity index is 1.18. The highest BCUT2D eigenvalue weighted by molar-refractivity contribution is 5.78. The third-order valence-corrected chi connectivity index (χ3v) is 7.97. The van der Waals surface area contributed by atoms with E-state index in [1.54, 1.807) is 4.57 Å². The Bertz CT molecular complexity index is 1420. The lowest BCUT2D eigenvalue weighted by Crippen LogP contribution is -2.43. The molecule has 9 heteroatoms. The fourth-order valence-corrected chi connectivity index (χ4v) is 5.45. The van der Waals surface area contributed by atoms with Gasteiger partial charge in [-0.25, -0.2) is 15.0 Å². The predicted molar refractivity (Wildman–Crippen MR) is 153 cm³/mol. The number of H-pyrrole nitrogens is 1. The number of aromatic nitrogens is 5. The van der Waals surface area contributed by atoms with Crippen molar-refractivity contribution in [1.29, 1.82) is 0 Å². The first-order chi connectivity index (χ1) is 18.5. The van der Waals surface area contributed by atoms with Crippen molar-refractivity contribution in [3.05, 3.63) is 53.9 Å². The fraction of sp³-hybridized carbons (Fsp3) is 0.567. The van der Waals surface area contributed by atoms with Gasteiger partial charge in [0.25, 0.3) is 0 Å². The molecule has 0 radical (unpaired) electrons. The van der Waals surface area contributed by atoms with E-state index in [1.807, 2.05) is 19.2 Å². The topological polar surface area (TPSA) is 112 Å². The Labute approximate surface area is 230 Å². The average molecular weight is 535 g/mol. The molecule has 0 aliphatic carbocycles. The number of ether oxygens (including phenoxy) is 1. The highest BCUT2D eigenvalue weighted by Gasteiger charge is 2.44. The molecule has 3 N–H and O–H groups in total. The van der Waals surface area contributed by atoms with Crippen LogP contribution >= 0.6 is 0 Å². The first-order valence-corrected chi connectivity index (χ1v) is 14.1. The Kier molecular flexibility index (Phi) is 7.79. The van der Waals surface area contributed by atoms with Crippen molar-refractivity contribution in [3.8, 4) is 0 Å². The minimum absolute atomic E-state index is 0.101. The van der Waals surface area contributed by atoms with Crippen LogP contribution in [-0.2, 0) is 16.6 Å².